The van der Waals surface area contributed by atoms with Crippen LogP contribution in [0.3, 0.4) is 0 Å². The van der Waals surface area contributed by atoms with E-state index in [0.29, 0.717) is 19.1 Å². The summed E-state index contributed by atoms with van der Waals surface area (Å²) < 4.78 is 5.76. The Kier molecular flexibility index (Phi) is 4.39. The Morgan fingerprint density at radius 2 is 2.04 bits per heavy atom. The quantitative estimate of drug-likeness (QED) is 0.891. The highest BCUT2D eigenvalue weighted by Crippen LogP contribution is 2.49. The van der Waals surface area contributed by atoms with Crippen LogP contribution in [0.25, 0.3) is 0 Å². The lowest BCUT2D eigenvalue weighted by Gasteiger charge is -2.35. The van der Waals surface area contributed by atoms with E-state index in [1.54, 1.807) is 4.90 Å². The van der Waals surface area contributed by atoms with Crippen molar-refractivity contribution in [3.63, 3.8) is 0 Å². The first kappa shape index (κ1) is 17.3. The highest BCUT2D eigenvalue weighted by atomic mass is 16.5. The van der Waals surface area contributed by atoms with Gasteiger partial charge in [-0.05, 0) is 26.0 Å². The molecular weight excluding hydrogens is 332 g/mol. The molecule has 1 saturated heterocycles. The fourth-order valence-corrected chi connectivity index (χ4v) is 4.81. The summed E-state index contributed by atoms with van der Waals surface area (Å²) in [4.78, 5) is 28.9. The van der Waals surface area contributed by atoms with Crippen LogP contribution in [-0.2, 0) is 9.59 Å². The van der Waals surface area contributed by atoms with E-state index in [1.165, 1.54) is 12.8 Å². The molecule has 0 spiro atoms. The van der Waals surface area contributed by atoms with Crippen molar-refractivity contribution < 1.29 is 19.4 Å². The number of rotatable bonds is 4. The Labute approximate surface area is 153 Å². The van der Waals surface area contributed by atoms with E-state index in [2.05, 4.69) is 4.90 Å². The van der Waals surface area contributed by atoms with Gasteiger partial charge in [0.2, 0.25) is 5.91 Å². The molecule has 0 radical (unpaired) electrons. The lowest BCUT2D eigenvalue weighted by Crippen LogP contribution is -2.47. The summed E-state index contributed by atoms with van der Waals surface area (Å²) in [7, 11) is 2.00. The third-order valence-electron chi connectivity index (χ3n) is 6.43. The average Bonchev–Trinajstić information content (AvgIpc) is 3.30. The molecule has 2 aliphatic heterocycles. The molecule has 1 saturated carbocycles. The minimum absolute atomic E-state index is 0.0203. The van der Waals surface area contributed by atoms with Crippen LogP contribution in [0.4, 0.5) is 0 Å². The van der Waals surface area contributed by atoms with Gasteiger partial charge in [-0.1, -0.05) is 31.0 Å². The van der Waals surface area contributed by atoms with E-state index in [0.717, 1.165) is 24.2 Å². The molecule has 1 aromatic rings. The number of hydrogen-bond donors (Lipinski definition) is 1. The van der Waals surface area contributed by atoms with Crippen LogP contribution in [-0.4, -0.2) is 66.1 Å². The van der Waals surface area contributed by atoms with Crippen molar-refractivity contribution in [3.8, 4) is 5.75 Å². The number of likely N-dealkylation sites (N-methyl/N-ethyl adjacent to an activating group) is 1. The second-order valence-electron chi connectivity index (χ2n) is 7.97. The van der Waals surface area contributed by atoms with Crippen molar-refractivity contribution >= 4 is 11.9 Å². The summed E-state index contributed by atoms with van der Waals surface area (Å²) in [5.41, 5.74) is -0.142. The molecule has 2 heterocycles. The SMILES string of the molecule is CN(CC(=O)N1C[C@H]2c3ccccc3OC[C@@]2(C(=O)O)C1)C1CCCC1. The standard InChI is InChI=1S/C20H26N2O4/c1-21(14-6-2-3-7-14)11-18(23)22-10-16-15-8-4-5-9-17(15)26-13-20(16,12-22)19(24)25/h4-5,8-9,14,16H,2-3,6-7,10-13H2,1H3,(H,24,25)/t16-,20-/m0/s1. The monoisotopic (exact) mass is 358 g/mol. The number of benzene rings is 1. The van der Waals surface area contributed by atoms with Crippen LogP contribution in [0.1, 0.15) is 37.2 Å². The average molecular weight is 358 g/mol. The molecule has 1 aliphatic carbocycles. The Hall–Kier alpha value is -2.08. The van der Waals surface area contributed by atoms with Gasteiger partial charge in [-0.25, -0.2) is 0 Å². The molecule has 6 heteroatoms. The highest BCUT2D eigenvalue weighted by Gasteiger charge is 2.57. The molecule has 6 nitrogen and oxygen atoms in total. The summed E-state index contributed by atoms with van der Waals surface area (Å²) in [6.45, 7) is 1.14. The number of carbonyl (C=O) groups is 2. The Morgan fingerprint density at radius 3 is 2.77 bits per heavy atom. The molecule has 0 bridgehead atoms. The van der Waals surface area contributed by atoms with E-state index in [4.69, 9.17) is 4.74 Å². The van der Waals surface area contributed by atoms with Crippen LogP contribution in [0.5, 0.6) is 5.75 Å². The van der Waals surface area contributed by atoms with Crippen LogP contribution in [0.15, 0.2) is 24.3 Å². The summed E-state index contributed by atoms with van der Waals surface area (Å²) in [6, 6.07) is 8.07. The predicted octanol–water partition coefficient (Wildman–Crippen LogP) is 1.95. The van der Waals surface area contributed by atoms with Crippen LogP contribution < -0.4 is 4.74 Å². The van der Waals surface area contributed by atoms with E-state index < -0.39 is 11.4 Å². The maximum absolute atomic E-state index is 12.9. The number of carboxylic acid groups (broad SMARTS) is 1. The minimum Gasteiger partial charge on any atom is -0.492 e. The van der Waals surface area contributed by atoms with Gasteiger partial charge in [0.15, 0.2) is 0 Å². The molecule has 1 N–H and O–H groups in total. The number of likely N-dealkylation sites (tertiary alicyclic amines) is 1. The first-order valence-electron chi connectivity index (χ1n) is 9.44. The van der Waals surface area contributed by atoms with Crippen LogP contribution >= 0.6 is 0 Å². The number of amides is 1. The summed E-state index contributed by atoms with van der Waals surface area (Å²) in [5, 5.41) is 9.95. The highest BCUT2D eigenvalue weighted by molar-refractivity contribution is 5.83. The largest absolute Gasteiger partial charge is 0.492 e. The van der Waals surface area contributed by atoms with Crippen molar-refractivity contribution in [1.82, 2.24) is 9.80 Å². The summed E-state index contributed by atoms with van der Waals surface area (Å²) >= 11 is 0. The van der Waals surface area contributed by atoms with E-state index in [-0.39, 0.29) is 25.0 Å². The van der Waals surface area contributed by atoms with Crippen molar-refractivity contribution in [1.29, 1.82) is 0 Å². The zero-order valence-corrected chi connectivity index (χ0v) is 15.2. The Bertz CT molecular complexity index is 716. The maximum Gasteiger partial charge on any atom is 0.315 e. The van der Waals surface area contributed by atoms with Crippen molar-refractivity contribution in [2.75, 3.05) is 33.3 Å². The fourth-order valence-electron chi connectivity index (χ4n) is 4.81. The summed E-state index contributed by atoms with van der Waals surface area (Å²) in [5.74, 6) is -0.333. The van der Waals surface area contributed by atoms with E-state index in [9.17, 15) is 14.7 Å². The maximum atomic E-state index is 12.9. The number of carbonyl (C=O) groups excluding carboxylic acids is 1. The molecular formula is C20H26N2O4. The van der Waals surface area contributed by atoms with Crippen molar-refractivity contribution in [2.45, 2.75) is 37.6 Å². The van der Waals surface area contributed by atoms with E-state index in [1.807, 2.05) is 31.3 Å². The molecule has 2 fully saturated rings. The van der Waals surface area contributed by atoms with Crippen LogP contribution in [0, 0.1) is 5.41 Å². The van der Waals surface area contributed by atoms with Gasteiger partial charge in [-0.2, -0.15) is 0 Å². The third kappa shape index (κ3) is 2.76. The van der Waals surface area contributed by atoms with Gasteiger partial charge in [0.25, 0.3) is 0 Å². The van der Waals surface area contributed by atoms with Gasteiger partial charge >= 0.3 is 5.97 Å². The second-order valence-corrected chi connectivity index (χ2v) is 7.97. The third-order valence-corrected chi connectivity index (χ3v) is 6.43. The molecule has 3 aliphatic rings. The summed E-state index contributed by atoms with van der Waals surface area (Å²) in [6.07, 6.45) is 4.75. The van der Waals surface area contributed by atoms with Gasteiger partial charge < -0.3 is 14.7 Å². The lowest BCUT2D eigenvalue weighted by molar-refractivity contribution is -0.152. The number of carboxylic acids is 1. The minimum atomic E-state index is -1.05. The molecule has 1 amide bonds. The lowest BCUT2D eigenvalue weighted by atomic mass is 9.73. The first-order valence-corrected chi connectivity index (χ1v) is 9.44. The smallest absolute Gasteiger partial charge is 0.315 e. The number of para-hydroxylation sites is 1. The van der Waals surface area contributed by atoms with Crippen molar-refractivity contribution in [3.05, 3.63) is 29.8 Å². The predicted molar refractivity (Wildman–Crippen MR) is 96.2 cm³/mol. The zero-order chi connectivity index (χ0) is 18.3. The molecule has 4 rings (SSSR count). The van der Waals surface area contributed by atoms with Gasteiger partial charge in [-0.3, -0.25) is 14.5 Å². The van der Waals surface area contributed by atoms with Gasteiger partial charge in [0.1, 0.15) is 17.8 Å². The van der Waals surface area contributed by atoms with Gasteiger partial charge in [-0.15, -0.1) is 0 Å². The molecule has 26 heavy (non-hydrogen) atoms. The first-order chi connectivity index (χ1) is 12.5. The molecule has 140 valence electrons. The van der Waals surface area contributed by atoms with Gasteiger partial charge in [0.05, 0.1) is 6.54 Å². The molecule has 0 unspecified atom stereocenters. The molecule has 2 atom stereocenters. The number of nitrogens with zero attached hydrogens (tertiary/aromatic N) is 2. The zero-order valence-electron chi connectivity index (χ0n) is 15.2. The molecule has 0 aromatic heterocycles. The molecule has 1 aromatic carbocycles. The van der Waals surface area contributed by atoms with Gasteiger partial charge in [0, 0.05) is 30.6 Å². The number of fused-ring (bicyclic) bond motifs is 3. The van der Waals surface area contributed by atoms with E-state index >= 15 is 0 Å². The Balaban J connectivity index is 1.54. The number of ether oxygens (including phenoxy) is 1. The van der Waals surface area contributed by atoms with Crippen molar-refractivity contribution in [2.24, 2.45) is 5.41 Å². The van der Waals surface area contributed by atoms with Crippen LogP contribution in [0.2, 0.25) is 0 Å². The number of hydrogen-bond acceptors (Lipinski definition) is 4. The normalized spacial score (nSPS) is 27.9. The fraction of sp³-hybridized carbons (Fsp3) is 0.600. The Morgan fingerprint density at radius 1 is 1.31 bits per heavy atom. The topological polar surface area (TPSA) is 70.1 Å². The number of aliphatic carboxylic acids is 1. The second kappa shape index (κ2) is 6.58.